The van der Waals surface area contributed by atoms with E-state index >= 15 is 0 Å². The molecule has 0 aliphatic carbocycles. The second-order valence-corrected chi connectivity index (χ2v) is 4.43. The Balaban J connectivity index is 2.08. The van der Waals surface area contributed by atoms with Crippen molar-refractivity contribution in [1.82, 2.24) is 9.78 Å². The minimum Gasteiger partial charge on any atom is -0.313 e. The Kier molecular flexibility index (Phi) is 4.42. The van der Waals surface area contributed by atoms with Crippen LogP contribution in [0.2, 0.25) is 0 Å². The highest BCUT2D eigenvalue weighted by molar-refractivity contribution is 5.91. The van der Waals surface area contributed by atoms with E-state index in [4.69, 9.17) is 0 Å². The summed E-state index contributed by atoms with van der Waals surface area (Å²) in [6.07, 6.45) is -0.343. The number of aryl methyl sites for hydroxylation is 2. The largest absolute Gasteiger partial charge is 0.369 e. The van der Waals surface area contributed by atoms with E-state index in [1.165, 1.54) is 19.5 Å². The number of aromatic nitrogens is 2. The second kappa shape index (κ2) is 6.25. The fourth-order valence-corrected chi connectivity index (χ4v) is 1.76. The molecule has 5 nitrogen and oxygen atoms in total. The van der Waals surface area contributed by atoms with Gasteiger partial charge in [0.1, 0.15) is 11.3 Å². The predicted octanol–water partition coefficient (Wildman–Crippen LogP) is 2.86. The zero-order valence-corrected chi connectivity index (χ0v) is 11.5. The Morgan fingerprint density at radius 1 is 1.48 bits per heavy atom. The fourth-order valence-electron chi connectivity index (χ4n) is 1.76. The van der Waals surface area contributed by atoms with Crippen molar-refractivity contribution >= 4 is 12.2 Å². The number of halogens is 2. The fraction of sp³-hybridized carbons (Fsp3) is 0.214. The summed E-state index contributed by atoms with van der Waals surface area (Å²) in [5.41, 5.74) is 0.850. The number of carbonyl (C=O) groups excluding carboxylic acids is 1. The summed E-state index contributed by atoms with van der Waals surface area (Å²) in [6.45, 7) is 1.91. The molecule has 1 aromatic heterocycles. The SMILES string of the molecule is Cc1cccc(/C=N/OC(=O)c2cn(C)nc2C(F)F)c1. The third-order valence-corrected chi connectivity index (χ3v) is 2.66. The maximum atomic E-state index is 12.7. The molecule has 0 fully saturated rings. The normalized spacial score (nSPS) is 11.3. The van der Waals surface area contributed by atoms with E-state index in [1.807, 2.05) is 25.1 Å². The number of carbonyl (C=O) groups is 1. The summed E-state index contributed by atoms with van der Waals surface area (Å²) >= 11 is 0. The van der Waals surface area contributed by atoms with Gasteiger partial charge in [-0.2, -0.15) is 5.10 Å². The smallest absolute Gasteiger partial charge is 0.313 e. The first-order valence-electron chi connectivity index (χ1n) is 6.10. The quantitative estimate of drug-likeness (QED) is 0.495. The lowest BCUT2D eigenvalue weighted by atomic mass is 10.2. The van der Waals surface area contributed by atoms with Gasteiger partial charge in [-0.15, -0.1) is 0 Å². The topological polar surface area (TPSA) is 56.5 Å². The van der Waals surface area contributed by atoms with Gasteiger partial charge in [0, 0.05) is 13.2 Å². The number of nitrogens with zero attached hydrogens (tertiary/aromatic N) is 3. The van der Waals surface area contributed by atoms with E-state index in [-0.39, 0.29) is 5.56 Å². The number of benzene rings is 1. The Hall–Kier alpha value is -2.57. The first-order valence-corrected chi connectivity index (χ1v) is 6.10. The maximum absolute atomic E-state index is 12.7. The third-order valence-electron chi connectivity index (χ3n) is 2.66. The van der Waals surface area contributed by atoms with Crippen LogP contribution in [0.4, 0.5) is 8.78 Å². The predicted molar refractivity (Wildman–Crippen MR) is 72.4 cm³/mol. The van der Waals surface area contributed by atoms with Crippen molar-refractivity contribution in [2.75, 3.05) is 0 Å². The van der Waals surface area contributed by atoms with Gasteiger partial charge >= 0.3 is 5.97 Å². The molecule has 0 amide bonds. The molecule has 0 spiro atoms. The van der Waals surface area contributed by atoms with Crippen LogP contribution in [-0.2, 0) is 11.9 Å². The van der Waals surface area contributed by atoms with Crippen LogP contribution in [0.5, 0.6) is 0 Å². The highest BCUT2D eigenvalue weighted by Crippen LogP contribution is 2.21. The van der Waals surface area contributed by atoms with Crippen molar-refractivity contribution in [3.05, 3.63) is 52.8 Å². The zero-order valence-electron chi connectivity index (χ0n) is 11.5. The molecule has 0 saturated carbocycles. The van der Waals surface area contributed by atoms with Crippen LogP contribution in [0, 0.1) is 6.92 Å². The molecule has 21 heavy (non-hydrogen) atoms. The van der Waals surface area contributed by atoms with Gasteiger partial charge in [-0.1, -0.05) is 35.0 Å². The van der Waals surface area contributed by atoms with Crippen molar-refractivity contribution in [2.24, 2.45) is 12.2 Å². The third kappa shape index (κ3) is 3.71. The number of alkyl halides is 2. The number of hydrogen-bond acceptors (Lipinski definition) is 4. The Morgan fingerprint density at radius 2 is 2.24 bits per heavy atom. The molecule has 0 aliphatic heterocycles. The van der Waals surface area contributed by atoms with Gasteiger partial charge < -0.3 is 4.84 Å². The molecule has 0 saturated heterocycles. The van der Waals surface area contributed by atoms with Gasteiger partial charge in [-0.25, -0.2) is 13.6 Å². The molecule has 0 unspecified atom stereocenters. The van der Waals surface area contributed by atoms with Crippen molar-refractivity contribution in [1.29, 1.82) is 0 Å². The van der Waals surface area contributed by atoms with E-state index in [1.54, 1.807) is 6.07 Å². The first-order chi connectivity index (χ1) is 9.97. The van der Waals surface area contributed by atoms with E-state index < -0.39 is 18.1 Å². The minimum atomic E-state index is -2.85. The van der Waals surface area contributed by atoms with Crippen LogP contribution in [0.1, 0.15) is 33.6 Å². The molecule has 0 bridgehead atoms. The lowest BCUT2D eigenvalue weighted by Gasteiger charge is -1.98. The molecule has 2 rings (SSSR count). The lowest BCUT2D eigenvalue weighted by molar-refractivity contribution is 0.0508. The average molecular weight is 293 g/mol. The van der Waals surface area contributed by atoms with E-state index in [0.717, 1.165) is 15.8 Å². The summed E-state index contributed by atoms with van der Waals surface area (Å²) < 4.78 is 26.5. The summed E-state index contributed by atoms with van der Waals surface area (Å²) in [4.78, 5) is 16.3. The summed E-state index contributed by atoms with van der Waals surface area (Å²) in [7, 11) is 1.44. The number of oxime groups is 1. The summed E-state index contributed by atoms with van der Waals surface area (Å²) in [5, 5.41) is 7.04. The number of rotatable bonds is 4. The molecular weight excluding hydrogens is 280 g/mol. The monoisotopic (exact) mass is 293 g/mol. The molecular formula is C14H13F2N3O2. The lowest BCUT2D eigenvalue weighted by Crippen LogP contribution is -2.04. The molecule has 0 aliphatic rings. The molecule has 0 N–H and O–H groups in total. The van der Waals surface area contributed by atoms with Gasteiger partial charge in [0.2, 0.25) is 0 Å². The van der Waals surface area contributed by atoms with Gasteiger partial charge in [-0.05, 0) is 12.5 Å². The standard InChI is InChI=1S/C14H13F2N3O2/c1-9-4-3-5-10(6-9)7-17-21-14(20)11-8-19(2)18-12(11)13(15)16/h3-8,13H,1-2H3/b17-7+. The van der Waals surface area contributed by atoms with Gasteiger partial charge in [0.15, 0.2) is 0 Å². The van der Waals surface area contributed by atoms with Crippen LogP contribution in [0.25, 0.3) is 0 Å². The molecule has 1 aromatic carbocycles. The number of hydrogen-bond donors (Lipinski definition) is 0. The molecule has 2 aromatic rings. The van der Waals surface area contributed by atoms with Gasteiger partial charge in [0.25, 0.3) is 6.43 Å². The second-order valence-electron chi connectivity index (χ2n) is 4.43. The summed E-state index contributed by atoms with van der Waals surface area (Å²) in [6, 6.07) is 7.35. The average Bonchev–Trinajstić information content (AvgIpc) is 2.81. The van der Waals surface area contributed by atoms with Crippen LogP contribution in [0.3, 0.4) is 0 Å². The molecule has 7 heteroatoms. The Bertz CT molecular complexity index is 681. The molecule has 1 heterocycles. The summed E-state index contributed by atoms with van der Waals surface area (Å²) in [5.74, 6) is -0.970. The van der Waals surface area contributed by atoms with Crippen LogP contribution in [-0.4, -0.2) is 22.0 Å². The molecule has 0 radical (unpaired) electrons. The van der Waals surface area contributed by atoms with Crippen LogP contribution < -0.4 is 0 Å². The van der Waals surface area contributed by atoms with Crippen LogP contribution in [0.15, 0.2) is 35.6 Å². The van der Waals surface area contributed by atoms with E-state index in [9.17, 15) is 13.6 Å². The minimum absolute atomic E-state index is 0.297. The Morgan fingerprint density at radius 3 is 2.90 bits per heavy atom. The first kappa shape index (κ1) is 14.8. The molecule has 0 atom stereocenters. The van der Waals surface area contributed by atoms with E-state index in [0.29, 0.717) is 0 Å². The van der Waals surface area contributed by atoms with Crippen molar-refractivity contribution < 1.29 is 18.4 Å². The highest BCUT2D eigenvalue weighted by atomic mass is 19.3. The van der Waals surface area contributed by atoms with E-state index in [2.05, 4.69) is 15.1 Å². The van der Waals surface area contributed by atoms with Crippen molar-refractivity contribution in [3.8, 4) is 0 Å². The maximum Gasteiger partial charge on any atom is 0.369 e. The van der Waals surface area contributed by atoms with Gasteiger partial charge in [0.05, 0.1) is 6.21 Å². The van der Waals surface area contributed by atoms with Crippen molar-refractivity contribution in [2.45, 2.75) is 13.3 Å². The molecule has 110 valence electrons. The van der Waals surface area contributed by atoms with Crippen molar-refractivity contribution in [3.63, 3.8) is 0 Å². The zero-order chi connectivity index (χ0) is 15.4. The Labute approximate surface area is 119 Å². The van der Waals surface area contributed by atoms with Crippen LogP contribution >= 0.6 is 0 Å². The highest BCUT2D eigenvalue weighted by Gasteiger charge is 2.23. The van der Waals surface area contributed by atoms with Gasteiger partial charge in [-0.3, -0.25) is 4.68 Å².